The summed E-state index contributed by atoms with van der Waals surface area (Å²) in [5.74, 6) is -2.13. The Morgan fingerprint density at radius 2 is 1.43 bits per heavy atom. The molecule has 1 atom stereocenters. The van der Waals surface area contributed by atoms with Gasteiger partial charge in [0, 0.05) is 0 Å². The minimum absolute atomic E-state index is 0. The Labute approximate surface area is 125 Å². The van der Waals surface area contributed by atoms with Crippen LogP contribution in [-0.4, -0.2) is 39.1 Å². The summed E-state index contributed by atoms with van der Waals surface area (Å²) >= 11 is 0. The van der Waals surface area contributed by atoms with Gasteiger partial charge in [0.05, 0.1) is 0 Å². The van der Waals surface area contributed by atoms with Crippen molar-refractivity contribution >= 4 is 25.8 Å². The van der Waals surface area contributed by atoms with Gasteiger partial charge in [0.15, 0.2) is 15.8 Å². The zero-order valence-corrected chi connectivity index (χ0v) is 11.4. The molecule has 0 saturated carbocycles. The average molecular weight is 353 g/mol. The van der Waals surface area contributed by atoms with Crippen molar-refractivity contribution in [3.8, 4) is 0 Å². The van der Waals surface area contributed by atoms with Crippen LogP contribution in [0.25, 0.3) is 4.13 Å². The molecule has 0 amide bonds. The summed E-state index contributed by atoms with van der Waals surface area (Å²) in [6.45, 7) is 0. The molecular weight excluding hydrogens is 351 g/mol. The third-order valence-corrected chi connectivity index (χ3v) is 5.69. The Morgan fingerprint density at radius 3 is 1.62 bits per heavy atom. The van der Waals surface area contributed by atoms with Gasteiger partial charge in [0.1, 0.15) is 10.0 Å². The van der Waals surface area contributed by atoms with E-state index in [0.717, 1.165) is 0 Å². The van der Waals surface area contributed by atoms with E-state index >= 15 is 0 Å². The van der Waals surface area contributed by atoms with Crippen LogP contribution in [-0.2, 0) is 24.8 Å². The molecule has 0 aromatic heterocycles. The number of sulfonamides is 2. The van der Waals surface area contributed by atoms with E-state index in [4.69, 9.17) is 0 Å². The quantitative estimate of drug-likeness (QED) is 0.431. The fourth-order valence-electron chi connectivity index (χ4n) is 1.13. The summed E-state index contributed by atoms with van der Waals surface area (Å²) in [5, 5.41) is 0. The molecule has 1 unspecified atom stereocenters. The molecule has 1 aliphatic rings. The average Bonchev–Trinajstić information content (AvgIpc) is 2.08. The van der Waals surface area contributed by atoms with Gasteiger partial charge in [-0.2, -0.15) is 26.3 Å². The molecular formula is C6H2F6LiNO5S2. The molecule has 15 heteroatoms. The van der Waals surface area contributed by atoms with Crippen LogP contribution in [0.15, 0.2) is 12.2 Å². The van der Waals surface area contributed by atoms with E-state index in [-0.39, 0.29) is 31.0 Å². The van der Waals surface area contributed by atoms with Crippen molar-refractivity contribution in [3.05, 3.63) is 16.3 Å². The van der Waals surface area contributed by atoms with Crippen LogP contribution in [0.2, 0.25) is 0 Å². The second kappa shape index (κ2) is 5.27. The van der Waals surface area contributed by atoms with Crippen molar-refractivity contribution in [2.75, 3.05) is 0 Å². The minimum Gasteiger partial charge on any atom is -0.427 e. The van der Waals surface area contributed by atoms with Gasteiger partial charge in [-0.05, 0) is 12.2 Å². The third kappa shape index (κ3) is 3.00. The first-order valence-corrected chi connectivity index (χ1v) is 7.07. The fourth-order valence-corrected chi connectivity index (χ4v) is 3.82. The second-order valence-electron chi connectivity index (χ2n) is 3.40. The van der Waals surface area contributed by atoms with Gasteiger partial charge in [-0.3, -0.25) is 4.79 Å². The number of halogens is 6. The van der Waals surface area contributed by atoms with Gasteiger partial charge in [-0.25, -0.2) is 16.8 Å². The van der Waals surface area contributed by atoms with E-state index in [1.807, 2.05) is 0 Å². The van der Waals surface area contributed by atoms with Crippen LogP contribution in [0.1, 0.15) is 0 Å². The minimum atomic E-state index is -6.75. The molecule has 0 saturated heterocycles. The van der Waals surface area contributed by atoms with Crippen molar-refractivity contribution in [1.82, 2.24) is 0 Å². The molecule has 0 heterocycles. The van der Waals surface area contributed by atoms with Gasteiger partial charge in [0.2, 0.25) is 4.75 Å². The smallest absolute Gasteiger partial charge is 0.427 e. The summed E-state index contributed by atoms with van der Waals surface area (Å²) in [6, 6.07) is 0. The van der Waals surface area contributed by atoms with Crippen LogP contribution < -0.4 is 18.9 Å². The molecule has 6 nitrogen and oxygen atoms in total. The number of rotatable bonds is 3. The molecule has 0 aromatic rings. The maximum absolute atomic E-state index is 12.6. The first-order valence-electron chi connectivity index (χ1n) is 4.19. The van der Waals surface area contributed by atoms with Crippen LogP contribution in [0, 0.1) is 0 Å². The molecule has 116 valence electrons. The summed E-state index contributed by atoms with van der Waals surface area (Å²) in [4.78, 5) is 10.9. The van der Waals surface area contributed by atoms with Crippen molar-refractivity contribution in [2.24, 2.45) is 0 Å². The van der Waals surface area contributed by atoms with Gasteiger partial charge < -0.3 is 4.13 Å². The third-order valence-electron chi connectivity index (χ3n) is 2.15. The van der Waals surface area contributed by atoms with Gasteiger partial charge in [-0.1, -0.05) is 0 Å². The van der Waals surface area contributed by atoms with Gasteiger partial charge in [-0.15, -0.1) is 0 Å². The van der Waals surface area contributed by atoms with E-state index < -0.39 is 42.3 Å². The normalized spacial score (nSPS) is 23.4. The number of hydrogen-bond acceptors (Lipinski definition) is 5. The molecule has 1 aliphatic carbocycles. The molecule has 1 rings (SSSR count). The van der Waals surface area contributed by atoms with Crippen molar-refractivity contribution in [2.45, 2.75) is 16.4 Å². The zero-order chi connectivity index (χ0) is 16.2. The Hall–Kier alpha value is -0.553. The van der Waals surface area contributed by atoms with E-state index in [9.17, 15) is 48.0 Å². The standard InChI is InChI=1S/C6H2F6NO5S2.Li/c7-5(8,9)4(2-1-3(4)14)19(15,16)13-20(17,18)6(10,11)12;/h1-2H;/q-1;+1. The number of nitrogens with zero attached hydrogens (tertiary/aromatic N) is 1. The maximum atomic E-state index is 12.6. The fraction of sp³-hybridized carbons (Fsp3) is 0.500. The van der Waals surface area contributed by atoms with Crippen LogP contribution in [0.3, 0.4) is 0 Å². The van der Waals surface area contributed by atoms with Crippen molar-refractivity contribution in [1.29, 1.82) is 0 Å². The number of carbonyl (C=O) groups is 1. The monoisotopic (exact) mass is 353 g/mol. The molecule has 0 fully saturated rings. The van der Waals surface area contributed by atoms with E-state index in [1.165, 1.54) is 4.13 Å². The molecule has 0 N–H and O–H groups in total. The number of alkyl halides is 6. The number of allylic oxidation sites excluding steroid dienone is 1. The molecule has 0 aromatic carbocycles. The first-order chi connectivity index (χ1) is 8.58. The molecule has 21 heavy (non-hydrogen) atoms. The summed E-state index contributed by atoms with van der Waals surface area (Å²) < 4.78 is 114. The molecule has 0 bridgehead atoms. The molecule has 0 radical (unpaired) electrons. The van der Waals surface area contributed by atoms with Crippen LogP contribution in [0.5, 0.6) is 0 Å². The van der Waals surface area contributed by atoms with E-state index in [1.54, 1.807) is 0 Å². The van der Waals surface area contributed by atoms with Crippen LogP contribution >= 0.6 is 0 Å². The van der Waals surface area contributed by atoms with Crippen molar-refractivity contribution < 1.29 is 66.8 Å². The Balaban J connectivity index is 0.00000400. The Bertz CT molecular complexity index is 677. The summed E-state index contributed by atoms with van der Waals surface area (Å²) in [7, 11) is -13.1. The van der Waals surface area contributed by atoms with Gasteiger partial charge >= 0.3 is 30.5 Å². The van der Waals surface area contributed by atoms with E-state index in [0.29, 0.717) is 0 Å². The Kier molecular flexibility index (Phi) is 5.13. The molecule has 0 aliphatic heterocycles. The second-order valence-corrected chi connectivity index (χ2v) is 7.00. The predicted molar refractivity (Wildman–Crippen MR) is 50.2 cm³/mol. The van der Waals surface area contributed by atoms with E-state index in [2.05, 4.69) is 0 Å². The SMILES string of the molecule is O=C1C=CC1(C(F)(F)F)S(=O)(=O)[N-]S(=O)(=O)C(F)(F)F.[Li+]. The number of carbonyl (C=O) groups excluding carboxylic acids is 1. The van der Waals surface area contributed by atoms with Crippen molar-refractivity contribution in [3.63, 3.8) is 0 Å². The molecule has 0 spiro atoms. The van der Waals surface area contributed by atoms with Crippen LogP contribution in [0.4, 0.5) is 26.3 Å². The number of ketones is 1. The number of hydrogen-bond donors (Lipinski definition) is 0. The topological polar surface area (TPSA) is 99.4 Å². The summed E-state index contributed by atoms with van der Waals surface area (Å²) in [5.41, 5.74) is -6.22. The predicted octanol–water partition coefficient (Wildman–Crippen LogP) is -2.02. The maximum Gasteiger partial charge on any atom is 1.00 e. The largest absolute Gasteiger partial charge is 1.00 e. The van der Waals surface area contributed by atoms with Gasteiger partial charge in [0.25, 0.3) is 0 Å². The summed E-state index contributed by atoms with van der Waals surface area (Å²) in [6.07, 6.45) is -6.01. The Morgan fingerprint density at radius 1 is 1.00 bits per heavy atom. The first kappa shape index (κ1) is 20.4. The zero-order valence-electron chi connectivity index (χ0n) is 9.73.